The number of thioether (sulfide) groups is 1. The molecule has 2 rings (SSSR count). The van der Waals surface area contributed by atoms with Crippen LogP contribution in [0.5, 0.6) is 11.8 Å². The van der Waals surface area contributed by atoms with E-state index in [9.17, 15) is 0 Å². The van der Waals surface area contributed by atoms with E-state index in [0.717, 1.165) is 9.32 Å². The van der Waals surface area contributed by atoms with E-state index in [-0.39, 0.29) is 0 Å². The molecule has 1 heterocycles. The first kappa shape index (κ1) is 11.7. The minimum atomic E-state index is 0.373. The molecule has 0 aliphatic carbocycles. The fourth-order valence-electron chi connectivity index (χ4n) is 1.10. The van der Waals surface area contributed by atoms with Crippen molar-refractivity contribution in [3.63, 3.8) is 0 Å². The van der Waals surface area contributed by atoms with Crippen molar-refractivity contribution in [1.29, 1.82) is 0 Å². The Balaban J connectivity index is 2.11. The van der Waals surface area contributed by atoms with Crippen LogP contribution in [0.1, 0.15) is 0 Å². The number of hydrogen-bond acceptors (Lipinski definition) is 4. The quantitative estimate of drug-likeness (QED) is 0.630. The minimum Gasteiger partial charge on any atom is -0.424 e. The number of ether oxygens (including phenoxy) is 1. The Hall–Kier alpha value is -0.820. The summed E-state index contributed by atoms with van der Waals surface area (Å²) in [5.41, 5.74) is 0. The van der Waals surface area contributed by atoms with Crippen LogP contribution < -0.4 is 4.74 Å². The number of halogens is 1. The summed E-state index contributed by atoms with van der Waals surface area (Å²) in [5, 5.41) is 0. The SMILES string of the molecule is CSc1ccc(Oc2ncc(I)cn2)cc1. The molecule has 0 spiro atoms. The number of benzene rings is 1. The zero-order chi connectivity index (χ0) is 11.4. The second kappa shape index (κ2) is 5.49. The largest absolute Gasteiger partial charge is 0.424 e. The van der Waals surface area contributed by atoms with Crippen LogP contribution >= 0.6 is 34.4 Å². The Morgan fingerprint density at radius 1 is 1.12 bits per heavy atom. The van der Waals surface area contributed by atoms with Gasteiger partial charge in [0.2, 0.25) is 0 Å². The minimum absolute atomic E-state index is 0.373. The highest BCUT2D eigenvalue weighted by Gasteiger charge is 1.99. The highest BCUT2D eigenvalue weighted by molar-refractivity contribution is 14.1. The third-order valence-corrected chi connectivity index (χ3v) is 3.17. The molecule has 1 aromatic heterocycles. The van der Waals surface area contributed by atoms with Crippen molar-refractivity contribution >= 4 is 34.4 Å². The molecule has 0 bridgehead atoms. The lowest BCUT2D eigenvalue weighted by atomic mass is 10.3. The van der Waals surface area contributed by atoms with Gasteiger partial charge in [0.15, 0.2) is 0 Å². The molecule has 3 nitrogen and oxygen atoms in total. The first-order valence-corrected chi connectivity index (χ1v) is 6.88. The van der Waals surface area contributed by atoms with E-state index < -0.39 is 0 Å². The monoisotopic (exact) mass is 344 g/mol. The van der Waals surface area contributed by atoms with E-state index in [1.165, 1.54) is 4.90 Å². The predicted molar refractivity (Wildman–Crippen MR) is 73.0 cm³/mol. The van der Waals surface area contributed by atoms with Gasteiger partial charge in [-0.1, -0.05) is 0 Å². The lowest BCUT2D eigenvalue weighted by molar-refractivity contribution is 0.441. The van der Waals surface area contributed by atoms with E-state index in [4.69, 9.17) is 4.74 Å². The summed E-state index contributed by atoms with van der Waals surface area (Å²) in [6, 6.07) is 8.21. The van der Waals surface area contributed by atoms with Gasteiger partial charge in [-0.25, -0.2) is 9.97 Å². The maximum atomic E-state index is 5.50. The molecule has 0 fully saturated rings. The van der Waals surface area contributed by atoms with Gasteiger partial charge in [-0.2, -0.15) is 0 Å². The second-order valence-electron chi connectivity index (χ2n) is 2.96. The molecular formula is C11H9IN2OS. The lowest BCUT2D eigenvalue weighted by Gasteiger charge is -2.03. The molecular weight excluding hydrogens is 335 g/mol. The molecule has 2 aromatic rings. The van der Waals surface area contributed by atoms with Gasteiger partial charge in [-0.15, -0.1) is 11.8 Å². The van der Waals surface area contributed by atoms with Crippen molar-refractivity contribution in [2.24, 2.45) is 0 Å². The third kappa shape index (κ3) is 3.08. The Morgan fingerprint density at radius 2 is 1.75 bits per heavy atom. The second-order valence-corrected chi connectivity index (χ2v) is 5.09. The van der Waals surface area contributed by atoms with Gasteiger partial charge in [0, 0.05) is 20.9 Å². The Bertz CT molecular complexity index is 458. The maximum absolute atomic E-state index is 5.50. The first-order valence-electron chi connectivity index (χ1n) is 4.57. The van der Waals surface area contributed by atoms with Gasteiger partial charge in [0.05, 0.1) is 0 Å². The molecule has 0 aliphatic rings. The van der Waals surface area contributed by atoms with Gasteiger partial charge in [-0.3, -0.25) is 0 Å². The van der Waals surface area contributed by atoms with Crippen LogP contribution in [0.3, 0.4) is 0 Å². The summed E-state index contributed by atoms with van der Waals surface area (Å²) in [6.45, 7) is 0. The Morgan fingerprint density at radius 3 is 2.31 bits per heavy atom. The molecule has 0 radical (unpaired) electrons. The topological polar surface area (TPSA) is 35.0 Å². The predicted octanol–water partition coefficient (Wildman–Crippen LogP) is 3.60. The van der Waals surface area contributed by atoms with Crippen molar-refractivity contribution in [1.82, 2.24) is 9.97 Å². The summed E-state index contributed by atoms with van der Waals surface area (Å²) in [5.74, 6) is 0.749. The summed E-state index contributed by atoms with van der Waals surface area (Å²) in [7, 11) is 0. The van der Waals surface area contributed by atoms with Crippen molar-refractivity contribution < 1.29 is 4.74 Å². The molecule has 82 valence electrons. The van der Waals surface area contributed by atoms with Gasteiger partial charge in [0.25, 0.3) is 0 Å². The van der Waals surface area contributed by atoms with Crippen LogP contribution in [0.25, 0.3) is 0 Å². The number of nitrogens with zero attached hydrogens (tertiary/aromatic N) is 2. The van der Waals surface area contributed by atoms with Crippen molar-refractivity contribution in [3.05, 3.63) is 40.2 Å². The summed E-state index contributed by atoms with van der Waals surface area (Å²) < 4.78 is 6.49. The summed E-state index contributed by atoms with van der Waals surface area (Å²) >= 11 is 3.85. The fraction of sp³-hybridized carbons (Fsp3) is 0.0909. The zero-order valence-electron chi connectivity index (χ0n) is 8.55. The van der Waals surface area contributed by atoms with Crippen LogP contribution in [-0.2, 0) is 0 Å². The van der Waals surface area contributed by atoms with E-state index in [1.807, 2.05) is 30.5 Å². The Kier molecular flexibility index (Phi) is 4.00. The van der Waals surface area contributed by atoms with Gasteiger partial charge < -0.3 is 4.74 Å². The number of aromatic nitrogens is 2. The molecule has 1 aromatic carbocycles. The van der Waals surface area contributed by atoms with Crippen LogP contribution in [0.4, 0.5) is 0 Å². The van der Waals surface area contributed by atoms with Crippen LogP contribution in [0.15, 0.2) is 41.6 Å². The van der Waals surface area contributed by atoms with Gasteiger partial charge >= 0.3 is 6.01 Å². The maximum Gasteiger partial charge on any atom is 0.321 e. The molecule has 0 amide bonds. The summed E-state index contributed by atoms with van der Waals surface area (Å²) in [4.78, 5) is 9.34. The van der Waals surface area contributed by atoms with E-state index >= 15 is 0 Å². The van der Waals surface area contributed by atoms with Crippen LogP contribution in [-0.4, -0.2) is 16.2 Å². The van der Waals surface area contributed by atoms with E-state index in [2.05, 4.69) is 32.6 Å². The number of rotatable bonds is 3. The highest BCUT2D eigenvalue weighted by Crippen LogP contribution is 2.21. The molecule has 0 saturated heterocycles. The van der Waals surface area contributed by atoms with Crippen molar-refractivity contribution in [3.8, 4) is 11.8 Å². The standard InChI is InChI=1S/C11H9IN2OS/c1-16-10-4-2-9(3-5-10)15-11-13-6-8(12)7-14-11/h2-7H,1H3. The molecule has 0 unspecified atom stereocenters. The fourth-order valence-corrected chi connectivity index (χ4v) is 1.79. The Labute approximate surface area is 112 Å². The first-order chi connectivity index (χ1) is 7.78. The molecule has 0 aliphatic heterocycles. The van der Waals surface area contributed by atoms with Crippen LogP contribution in [0.2, 0.25) is 0 Å². The highest BCUT2D eigenvalue weighted by atomic mass is 127. The average molecular weight is 344 g/mol. The molecule has 0 N–H and O–H groups in total. The van der Waals surface area contributed by atoms with Gasteiger partial charge in [0.1, 0.15) is 5.75 Å². The van der Waals surface area contributed by atoms with Crippen molar-refractivity contribution in [2.75, 3.05) is 6.26 Å². The summed E-state index contributed by atoms with van der Waals surface area (Å²) in [6.07, 6.45) is 5.48. The zero-order valence-corrected chi connectivity index (χ0v) is 11.5. The van der Waals surface area contributed by atoms with Gasteiger partial charge in [-0.05, 0) is 53.1 Å². The molecule has 16 heavy (non-hydrogen) atoms. The number of hydrogen-bond donors (Lipinski definition) is 0. The molecule has 5 heteroatoms. The average Bonchev–Trinajstić information content (AvgIpc) is 2.33. The van der Waals surface area contributed by atoms with E-state index in [0.29, 0.717) is 6.01 Å². The smallest absolute Gasteiger partial charge is 0.321 e. The lowest BCUT2D eigenvalue weighted by Crippen LogP contribution is -1.91. The van der Waals surface area contributed by atoms with Crippen LogP contribution in [0, 0.1) is 3.57 Å². The van der Waals surface area contributed by atoms with E-state index in [1.54, 1.807) is 24.2 Å². The molecule has 0 saturated carbocycles. The van der Waals surface area contributed by atoms with Crippen molar-refractivity contribution in [2.45, 2.75) is 4.90 Å². The normalized spacial score (nSPS) is 10.1. The third-order valence-electron chi connectivity index (χ3n) is 1.87. The molecule has 0 atom stereocenters.